The second-order valence-electron chi connectivity index (χ2n) is 3.95. The van der Waals surface area contributed by atoms with Gasteiger partial charge in [-0.3, -0.25) is 4.79 Å². The molecule has 8 heteroatoms. The Morgan fingerprint density at radius 1 is 1.45 bits per heavy atom. The van der Waals surface area contributed by atoms with Crippen molar-refractivity contribution in [1.29, 1.82) is 0 Å². The van der Waals surface area contributed by atoms with Crippen LogP contribution >= 0.6 is 0 Å². The van der Waals surface area contributed by atoms with Crippen molar-refractivity contribution in [2.45, 2.75) is 0 Å². The molecule has 7 nitrogen and oxygen atoms in total. The highest BCUT2D eigenvalue weighted by molar-refractivity contribution is 6.04. The minimum atomic E-state index is -1.08. The van der Waals surface area contributed by atoms with Gasteiger partial charge >= 0.3 is 5.97 Å². The minimum absolute atomic E-state index is 0.0526. The molecular formula is C12H12FN3O4. The predicted molar refractivity (Wildman–Crippen MR) is 66.8 cm³/mol. The molecule has 20 heavy (non-hydrogen) atoms. The lowest BCUT2D eigenvalue weighted by Crippen LogP contribution is -2.28. The van der Waals surface area contributed by atoms with Crippen LogP contribution in [-0.2, 0) is 9.53 Å². The maximum atomic E-state index is 13.3. The molecule has 1 heterocycles. The highest BCUT2D eigenvalue weighted by atomic mass is 19.1. The number of carbonyl (C=O) groups excluding carboxylic acids is 1. The van der Waals surface area contributed by atoms with E-state index < -0.39 is 24.3 Å². The van der Waals surface area contributed by atoms with Crippen molar-refractivity contribution in [3.63, 3.8) is 0 Å². The SMILES string of the molecule is O=C(O)COCCNC(=O)c1cc(F)cc2[nH]cnc12. The number of fused-ring (bicyclic) bond motifs is 1. The van der Waals surface area contributed by atoms with Crippen LogP contribution in [0.5, 0.6) is 0 Å². The molecule has 0 saturated heterocycles. The van der Waals surface area contributed by atoms with E-state index in [0.29, 0.717) is 11.0 Å². The lowest BCUT2D eigenvalue weighted by atomic mass is 10.1. The Bertz CT molecular complexity index is 641. The number of halogens is 1. The summed E-state index contributed by atoms with van der Waals surface area (Å²) < 4.78 is 18.1. The quantitative estimate of drug-likeness (QED) is 0.670. The Morgan fingerprint density at radius 3 is 3.00 bits per heavy atom. The molecule has 0 radical (unpaired) electrons. The monoisotopic (exact) mass is 281 g/mol. The van der Waals surface area contributed by atoms with Gasteiger partial charge in [0.05, 0.1) is 24.0 Å². The minimum Gasteiger partial charge on any atom is -0.480 e. The topological polar surface area (TPSA) is 104 Å². The van der Waals surface area contributed by atoms with Crippen molar-refractivity contribution >= 4 is 22.9 Å². The molecule has 0 saturated carbocycles. The van der Waals surface area contributed by atoms with Crippen LogP contribution in [0.15, 0.2) is 18.5 Å². The van der Waals surface area contributed by atoms with Gasteiger partial charge in [-0.1, -0.05) is 0 Å². The number of hydrogen-bond acceptors (Lipinski definition) is 4. The van der Waals surface area contributed by atoms with E-state index in [2.05, 4.69) is 15.3 Å². The summed E-state index contributed by atoms with van der Waals surface area (Å²) in [4.78, 5) is 28.8. The number of amides is 1. The molecule has 0 aliphatic rings. The van der Waals surface area contributed by atoms with Crippen LogP contribution in [0, 0.1) is 5.82 Å². The summed E-state index contributed by atoms with van der Waals surface area (Å²) in [5, 5.41) is 10.9. The largest absolute Gasteiger partial charge is 0.480 e. The van der Waals surface area contributed by atoms with Gasteiger partial charge in [0.2, 0.25) is 0 Å². The molecule has 1 aromatic heterocycles. The van der Waals surface area contributed by atoms with Gasteiger partial charge < -0.3 is 20.1 Å². The summed E-state index contributed by atoms with van der Waals surface area (Å²) in [5.74, 6) is -2.13. The van der Waals surface area contributed by atoms with Gasteiger partial charge in [0.1, 0.15) is 17.9 Å². The van der Waals surface area contributed by atoms with Crippen LogP contribution < -0.4 is 5.32 Å². The lowest BCUT2D eigenvalue weighted by molar-refractivity contribution is -0.142. The van der Waals surface area contributed by atoms with Crippen LogP contribution in [0.25, 0.3) is 11.0 Å². The van der Waals surface area contributed by atoms with Crippen LogP contribution in [0.2, 0.25) is 0 Å². The number of carbonyl (C=O) groups is 2. The van der Waals surface area contributed by atoms with E-state index in [1.165, 1.54) is 12.4 Å². The smallest absolute Gasteiger partial charge is 0.329 e. The molecular weight excluding hydrogens is 269 g/mol. The lowest BCUT2D eigenvalue weighted by Gasteiger charge is -2.06. The molecule has 0 aliphatic heterocycles. The summed E-state index contributed by atoms with van der Waals surface area (Å²) in [7, 11) is 0. The summed E-state index contributed by atoms with van der Waals surface area (Å²) in [5.41, 5.74) is 0.909. The molecule has 0 fully saturated rings. The normalized spacial score (nSPS) is 10.7. The van der Waals surface area contributed by atoms with Gasteiger partial charge in [-0.25, -0.2) is 14.2 Å². The fourth-order valence-corrected chi connectivity index (χ4v) is 1.68. The van der Waals surface area contributed by atoms with Gasteiger partial charge in [-0.15, -0.1) is 0 Å². The third-order valence-electron chi connectivity index (χ3n) is 2.49. The molecule has 0 unspecified atom stereocenters. The number of aliphatic carboxylic acids is 1. The molecule has 2 aromatic rings. The Labute approximate surface area is 112 Å². The highest BCUT2D eigenvalue weighted by Crippen LogP contribution is 2.16. The Hall–Kier alpha value is -2.48. The van der Waals surface area contributed by atoms with E-state index in [4.69, 9.17) is 9.84 Å². The maximum absolute atomic E-state index is 13.3. The van der Waals surface area contributed by atoms with Crippen molar-refractivity contribution in [3.05, 3.63) is 29.8 Å². The van der Waals surface area contributed by atoms with E-state index in [0.717, 1.165) is 6.07 Å². The number of nitrogens with zero attached hydrogens (tertiary/aromatic N) is 1. The van der Waals surface area contributed by atoms with Gasteiger partial charge in [0.15, 0.2) is 0 Å². The van der Waals surface area contributed by atoms with E-state index in [-0.39, 0.29) is 18.7 Å². The first-order chi connectivity index (χ1) is 9.58. The average Bonchev–Trinajstić information content (AvgIpc) is 2.84. The third-order valence-corrected chi connectivity index (χ3v) is 2.49. The summed E-state index contributed by atoms with van der Waals surface area (Å²) >= 11 is 0. The molecule has 1 amide bonds. The molecule has 0 bridgehead atoms. The first-order valence-corrected chi connectivity index (χ1v) is 5.78. The zero-order valence-corrected chi connectivity index (χ0v) is 10.4. The van der Waals surface area contributed by atoms with E-state index in [1.54, 1.807) is 0 Å². The fraction of sp³-hybridized carbons (Fsp3) is 0.250. The van der Waals surface area contributed by atoms with Gasteiger partial charge in [0.25, 0.3) is 5.91 Å². The molecule has 1 aromatic carbocycles. The van der Waals surface area contributed by atoms with E-state index >= 15 is 0 Å². The van der Waals surface area contributed by atoms with Crippen molar-refractivity contribution in [2.24, 2.45) is 0 Å². The number of aromatic nitrogens is 2. The van der Waals surface area contributed by atoms with E-state index in [1.807, 2.05) is 0 Å². The molecule has 0 spiro atoms. The number of hydrogen-bond donors (Lipinski definition) is 3. The standard InChI is InChI=1S/C12H12FN3O4/c13-7-3-8(11-9(4-7)15-6-16-11)12(19)14-1-2-20-5-10(17)18/h3-4,6H,1-2,5H2,(H,14,19)(H,15,16)(H,17,18). The van der Waals surface area contributed by atoms with Crippen LogP contribution in [0.4, 0.5) is 4.39 Å². The molecule has 3 N–H and O–H groups in total. The first-order valence-electron chi connectivity index (χ1n) is 5.78. The van der Waals surface area contributed by atoms with Crippen LogP contribution in [0.3, 0.4) is 0 Å². The number of ether oxygens (including phenoxy) is 1. The fourth-order valence-electron chi connectivity index (χ4n) is 1.68. The Balaban J connectivity index is 1.97. The zero-order valence-electron chi connectivity index (χ0n) is 10.4. The second kappa shape index (κ2) is 6.11. The number of aromatic amines is 1. The number of carboxylic acids is 1. The van der Waals surface area contributed by atoms with E-state index in [9.17, 15) is 14.0 Å². The number of rotatable bonds is 6. The number of carboxylic acid groups (broad SMARTS) is 1. The number of nitrogens with one attached hydrogen (secondary N) is 2. The number of benzene rings is 1. The van der Waals surface area contributed by atoms with Crippen molar-refractivity contribution in [2.75, 3.05) is 19.8 Å². The molecule has 2 rings (SSSR count). The van der Waals surface area contributed by atoms with Crippen molar-refractivity contribution in [3.8, 4) is 0 Å². The van der Waals surface area contributed by atoms with Gasteiger partial charge in [-0.05, 0) is 12.1 Å². The summed E-state index contributed by atoms with van der Waals surface area (Å²) in [6, 6.07) is 2.34. The highest BCUT2D eigenvalue weighted by Gasteiger charge is 2.13. The number of H-pyrrole nitrogens is 1. The average molecular weight is 281 g/mol. The van der Waals surface area contributed by atoms with Crippen molar-refractivity contribution in [1.82, 2.24) is 15.3 Å². The maximum Gasteiger partial charge on any atom is 0.329 e. The molecule has 106 valence electrons. The number of imidazole rings is 1. The summed E-state index contributed by atoms with van der Waals surface area (Å²) in [6.45, 7) is -0.259. The second-order valence-corrected chi connectivity index (χ2v) is 3.95. The van der Waals surface area contributed by atoms with Gasteiger partial charge in [-0.2, -0.15) is 0 Å². The van der Waals surface area contributed by atoms with Crippen molar-refractivity contribution < 1.29 is 23.8 Å². The van der Waals surface area contributed by atoms with Gasteiger partial charge in [0, 0.05) is 6.54 Å². The third kappa shape index (κ3) is 3.29. The predicted octanol–water partition coefficient (Wildman–Crippen LogP) is 0.533. The first kappa shape index (κ1) is 13.9. The summed E-state index contributed by atoms with van der Waals surface area (Å²) in [6.07, 6.45) is 1.37. The Kier molecular flexibility index (Phi) is 4.26. The molecule has 0 atom stereocenters. The Morgan fingerprint density at radius 2 is 2.25 bits per heavy atom. The van der Waals surface area contributed by atoms with Crippen LogP contribution in [-0.4, -0.2) is 46.7 Å². The zero-order chi connectivity index (χ0) is 14.5. The molecule has 0 aliphatic carbocycles. The van der Waals surface area contributed by atoms with Crippen LogP contribution in [0.1, 0.15) is 10.4 Å².